The topological polar surface area (TPSA) is 73.0 Å². The van der Waals surface area contributed by atoms with E-state index in [2.05, 4.69) is 10.2 Å². The number of nitrogens with zero attached hydrogens (tertiary/aromatic N) is 5. The number of hydrogen-bond donors (Lipinski definition) is 0. The monoisotopic (exact) mass is 349 g/mol. The second-order valence-electron chi connectivity index (χ2n) is 6.32. The highest BCUT2D eigenvalue weighted by Gasteiger charge is 2.28. The fourth-order valence-electron chi connectivity index (χ4n) is 3.31. The largest absolute Gasteiger partial charge is 0.310 e. The summed E-state index contributed by atoms with van der Waals surface area (Å²) in [5.74, 6) is 0.359. The van der Waals surface area contributed by atoms with Crippen LogP contribution in [0.15, 0.2) is 59.7 Å². The van der Waals surface area contributed by atoms with Crippen molar-refractivity contribution in [2.45, 2.75) is 25.8 Å². The van der Waals surface area contributed by atoms with Gasteiger partial charge in [-0.3, -0.25) is 9.59 Å². The van der Waals surface area contributed by atoms with Gasteiger partial charge in [-0.2, -0.15) is 5.10 Å². The molecule has 132 valence electrons. The molecule has 7 heteroatoms. The number of fused-ring (bicyclic) bond motifs is 1. The van der Waals surface area contributed by atoms with E-state index in [1.165, 1.54) is 10.7 Å². The highest BCUT2D eigenvalue weighted by molar-refractivity contribution is 5.96. The van der Waals surface area contributed by atoms with Crippen molar-refractivity contribution in [2.75, 3.05) is 11.4 Å². The van der Waals surface area contributed by atoms with Gasteiger partial charge in [0.05, 0.1) is 0 Å². The number of benzene rings is 1. The molecule has 7 nitrogen and oxygen atoms in total. The minimum atomic E-state index is -0.704. The quantitative estimate of drug-likeness (QED) is 0.725. The molecule has 1 aromatic carbocycles. The SMILES string of the molecule is CC(C(=O)N1CCCc2ccccc21)n1nc(-n2cccn2)ccc1=O. The van der Waals surface area contributed by atoms with Crippen LogP contribution < -0.4 is 10.5 Å². The van der Waals surface area contributed by atoms with Gasteiger partial charge in [0.15, 0.2) is 5.82 Å². The lowest BCUT2D eigenvalue weighted by Gasteiger charge is -2.31. The third-order valence-electron chi connectivity index (χ3n) is 4.65. The fourth-order valence-corrected chi connectivity index (χ4v) is 3.31. The molecule has 4 rings (SSSR count). The molecule has 3 heterocycles. The van der Waals surface area contributed by atoms with E-state index < -0.39 is 6.04 Å². The van der Waals surface area contributed by atoms with E-state index in [9.17, 15) is 9.59 Å². The molecule has 1 amide bonds. The Morgan fingerprint density at radius 1 is 1.15 bits per heavy atom. The van der Waals surface area contributed by atoms with Gasteiger partial charge >= 0.3 is 0 Å². The smallest absolute Gasteiger partial charge is 0.267 e. The van der Waals surface area contributed by atoms with Crippen LogP contribution in [0.25, 0.3) is 5.82 Å². The molecule has 0 radical (unpaired) electrons. The van der Waals surface area contributed by atoms with Gasteiger partial charge in [-0.1, -0.05) is 18.2 Å². The van der Waals surface area contributed by atoms with Crippen molar-refractivity contribution in [3.05, 3.63) is 70.8 Å². The fraction of sp³-hybridized carbons (Fsp3) is 0.263. The number of anilines is 1. The van der Waals surface area contributed by atoms with Crippen molar-refractivity contribution in [2.24, 2.45) is 0 Å². The molecule has 0 bridgehead atoms. The number of hydrogen-bond acceptors (Lipinski definition) is 4. The summed E-state index contributed by atoms with van der Waals surface area (Å²) in [5.41, 5.74) is 1.77. The van der Waals surface area contributed by atoms with E-state index in [0.717, 1.165) is 24.1 Å². The Balaban J connectivity index is 1.68. The third kappa shape index (κ3) is 2.81. The summed E-state index contributed by atoms with van der Waals surface area (Å²) in [5, 5.41) is 8.47. The molecule has 2 aromatic heterocycles. The van der Waals surface area contributed by atoms with Gasteiger partial charge in [0.2, 0.25) is 0 Å². The van der Waals surface area contributed by atoms with E-state index in [0.29, 0.717) is 12.4 Å². The maximum absolute atomic E-state index is 13.1. The highest BCUT2D eigenvalue weighted by Crippen LogP contribution is 2.28. The van der Waals surface area contributed by atoms with E-state index in [1.54, 1.807) is 41.0 Å². The highest BCUT2D eigenvalue weighted by atomic mass is 16.2. The molecular weight excluding hydrogens is 330 g/mol. The molecular formula is C19H19N5O2. The molecule has 0 fully saturated rings. The Bertz CT molecular complexity index is 993. The van der Waals surface area contributed by atoms with Crippen LogP contribution in [0.2, 0.25) is 0 Å². The maximum atomic E-state index is 13.1. The molecule has 0 saturated carbocycles. The lowest BCUT2D eigenvalue weighted by Crippen LogP contribution is -2.42. The number of aryl methyl sites for hydroxylation is 1. The van der Waals surface area contributed by atoms with Gasteiger partial charge in [-0.15, -0.1) is 5.10 Å². The number of rotatable bonds is 3. The molecule has 0 saturated heterocycles. The van der Waals surface area contributed by atoms with Crippen molar-refractivity contribution >= 4 is 11.6 Å². The molecule has 1 atom stereocenters. The molecule has 1 unspecified atom stereocenters. The predicted octanol–water partition coefficient (Wildman–Crippen LogP) is 1.97. The second-order valence-corrected chi connectivity index (χ2v) is 6.32. The molecule has 0 spiro atoms. The van der Waals surface area contributed by atoms with E-state index in [4.69, 9.17) is 0 Å². The Morgan fingerprint density at radius 2 is 2.00 bits per heavy atom. The number of aromatic nitrogens is 4. The van der Waals surface area contributed by atoms with Crippen molar-refractivity contribution in [1.82, 2.24) is 19.6 Å². The standard InChI is InChI=1S/C19H19N5O2/c1-14(19(26)22-12-4-7-15-6-2-3-8-16(15)22)24-18(25)10-9-17(21-24)23-13-5-11-20-23/h2-3,5-6,8-11,13-14H,4,7,12H2,1H3. The Hall–Kier alpha value is -3.22. The molecule has 0 N–H and O–H groups in total. The molecule has 3 aromatic rings. The Kier molecular flexibility index (Phi) is 4.12. The Morgan fingerprint density at radius 3 is 2.81 bits per heavy atom. The first-order chi connectivity index (χ1) is 12.6. The first-order valence-electron chi connectivity index (χ1n) is 8.64. The zero-order valence-electron chi connectivity index (χ0n) is 14.4. The zero-order valence-corrected chi connectivity index (χ0v) is 14.4. The summed E-state index contributed by atoms with van der Waals surface area (Å²) in [7, 11) is 0. The summed E-state index contributed by atoms with van der Waals surface area (Å²) in [6.45, 7) is 2.36. The average Bonchev–Trinajstić information content (AvgIpc) is 3.21. The van der Waals surface area contributed by atoms with E-state index in [1.807, 2.05) is 24.3 Å². The Labute approximate surface area is 150 Å². The van der Waals surface area contributed by atoms with Gasteiger partial charge in [-0.05, 0) is 43.5 Å². The van der Waals surface area contributed by atoms with Crippen molar-refractivity contribution in [3.8, 4) is 5.82 Å². The summed E-state index contributed by atoms with van der Waals surface area (Å²) in [6.07, 6.45) is 5.24. The average molecular weight is 349 g/mol. The molecule has 0 aliphatic carbocycles. The van der Waals surface area contributed by atoms with Gasteiger partial charge in [0, 0.05) is 30.7 Å². The number of carbonyl (C=O) groups excluding carboxylic acids is 1. The van der Waals surface area contributed by atoms with Gasteiger partial charge in [0.25, 0.3) is 11.5 Å². The van der Waals surface area contributed by atoms with Crippen LogP contribution in [0, 0.1) is 0 Å². The van der Waals surface area contributed by atoms with Crippen LogP contribution in [-0.4, -0.2) is 32.0 Å². The van der Waals surface area contributed by atoms with Crippen LogP contribution in [-0.2, 0) is 11.2 Å². The van der Waals surface area contributed by atoms with Crippen LogP contribution in [0.5, 0.6) is 0 Å². The normalized spacial score (nSPS) is 14.7. The van der Waals surface area contributed by atoms with Crippen LogP contribution in [0.1, 0.15) is 24.9 Å². The van der Waals surface area contributed by atoms with Crippen molar-refractivity contribution < 1.29 is 4.79 Å². The zero-order chi connectivity index (χ0) is 18.1. The summed E-state index contributed by atoms with van der Waals surface area (Å²) in [6, 6.07) is 12.0. The molecule has 1 aliphatic heterocycles. The minimum absolute atomic E-state index is 0.135. The molecule has 1 aliphatic rings. The first-order valence-corrected chi connectivity index (χ1v) is 8.64. The van der Waals surface area contributed by atoms with E-state index in [-0.39, 0.29) is 11.5 Å². The van der Waals surface area contributed by atoms with Crippen molar-refractivity contribution in [1.29, 1.82) is 0 Å². The lowest BCUT2D eigenvalue weighted by molar-refractivity contribution is -0.121. The molecule has 26 heavy (non-hydrogen) atoms. The van der Waals surface area contributed by atoms with Crippen LogP contribution in [0.4, 0.5) is 5.69 Å². The van der Waals surface area contributed by atoms with Gasteiger partial charge in [-0.25, -0.2) is 9.36 Å². The van der Waals surface area contributed by atoms with E-state index >= 15 is 0 Å². The third-order valence-corrected chi connectivity index (χ3v) is 4.65. The van der Waals surface area contributed by atoms with Crippen LogP contribution in [0.3, 0.4) is 0 Å². The minimum Gasteiger partial charge on any atom is -0.310 e. The first kappa shape index (κ1) is 16.3. The van der Waals surface area contributed by atoms with Gasteiger partial charge < -0.3 is 4.90 Å². The van der Waals surface area contributed by atoms with Crippen LogP contribution >= 0.6 is 0 Å². The van der Waals surface area contributed by atoms with Crippen molar-refractivity contribution in [3.63, 3.8) is 0 Å². The number of para-hydroxylation sites is 1. The maximum Gasteiger partial charge on any atom is 0.267 e. The second kappa shape index (κ2) is 6.59. The number of amides is 1. The summed E-state index contributed by atoms with van der Waals surface area (Å²) < 4.78 is 2.79. The van der Waals surface area contributed by atoms with Gasteiger partial charge in [0.1, 0.15) is 6.04 Å². The summed E-state index contributed by atoms with van der Waals surface area (Å²) in [4.78, 5) is 27.2. The number of carbonyl (C=O) groups is 1. The summed E-state index contributed by atoms with van der Waals surface area (Å²) >= 11 is 0. The lowest BCUT2D eigenvalue weighted by atomic mass is 10.0. The predicted molar refractivity (Wildman–Crippen MR) is 97.4 cm³/mol.